The second-order valence-corrected chi connectivity index (χ2v) is 8.95. The van der Waals surface area contributed by atoms with Crippen molar-refractivity contribution in [3.05, 3.63) is 65.9 Å². The fraction of sp³-hybridized carbons (Fsp3) is 0.429. The van der Waals surface area contributed by atoms with Crippen LogP contribution < -0.4 is 5.32 Å². The van der Waals surface area contributed by atoms with E-state index in [1.54, 1.807) is 30.3 Å². The summed E-state index contributed by atoms with van der Waals surface area (Å²) in [5.74, 6) is -0.238. The van der Waals surface area contributed by atoms with E-state index in [-0.39, 0.29) is 17.6 Å². The van der Waals surface area contributed by atoms with Gasteiger partial charge in [-0.05, 0) is 56.7 Å². The van der Waals surface area contributed by atoms with E-state index in [1.807, 2.05) is 6.07 Å². The number of rotatable bonds is 5. The predicted molar refractivity (Wildman–Crippen MR) is 135 cm³/mol. The molecule has 1 N–H and O–H groups in total. The Morgan fingerprint density at radius 1 is 1.00 bits per heavy atom. The number of fused-ring (bicyclic) bond motifs is 1. The summed E-state index contributed by atoms with van der Waals surface area (Å²) in [6.07, 6.45) is 0.926. The fourth-order valence-electron chi connectivity index (χ4n) is 4.10. The minimum atomic E-state index is -4.42. The molecule has 4 nitrogen and oxygen atoms in total. The van der Waals surface area contributed by atoms with Crippen LogP contribution in [0.3, 0.4) is 0 Å². The average Bonchev–Trinajstić information content (AvgIpc) is 2.88. The van der Waals surface area contributed by atoms with Gasteiger partial charge in [0.15, 0.2) is 0 Å². The minimum Gasteiger partial charge on any atom is -0.348 e. The van der Waals surface area contributed by atoms with E-state index in [0.717, 1.165) is 56.3 Å². The van der Waals surface area contributed by atoms with Gasteiger partial charge in [-0.2, -0.15) is 13.2 Å². The lowest BCUT2D eigenvalue weighted by atomic mass is 9.95. The summed E-state index contributed by atoms with van der Waals surface area (Å²) in [4.78, 5) is 19.4. The van der Waals surface area contributed by atoms with Crippen molar-refractivity contribution in [2.24, 2.45) is 0 Å². The first-order chi connectivity index (χ1) is 16.7. The number of pyridine rings is 1. The molecule has 0 aliphatic heterocycles. The number of para-hydroxylation sites is 1. The van der Waals surface area contributed by atoms with Crippen LogP contribution in [0.4, 0.5) is 13.2 Å². The second kappa shape index (κ2) is 12.2. The Morgan fingerprint density at radius 3 is 2.31 bits per heavy atom. The highest BCUT2D eigenvalue weighted by atomic mass is 19.4. The SMILES string of the molecule is CCN(C)CC.O=C(NC1CCCCC1)c1ccc2cccc(-c3cccc(C(F)(F)F)c3)c2n1. The number of amides is 1. The van der Waals surface area contributed by atoms with Crippen LogP contribution in [0.5, 0.6) is 0 Å². The topological polar surface area (TPSA) is 45.2 Å². The number of nitrogens with one attached hydrogen (secondary N) is 1. The van der Waals surface area contributed by atoms with E-state index in [1.165, 1.54) is 12.5 Å². The maximum absolute atomic E-state index is 13.1. The smallest absolute Gasteiger partial charge is 0.348 e. The number of hydrogen-bond donors (Lipinski definition) is 1. The van der Waals surface area contributed by atoms with Gasteiger partial charge in [0, 0.05) is 17.0 Å². The summed E-state index contributed by atoms with van der Waals surface area (Å²) < 4.78 is 39.4. The summed E-state index contributed by atoms with van der Waals surface area (Å²) in [6.45, 7) is 6.64. The first-order valence-corrected chi connectivity index (χ1v) is 12.3. The first kappa shape index (κ1) is 26.7. The van der Waals surface area contributed by atoms with Gasteiger partial charge in [-0.25, -0.2) is 4.98 Å². The van der Waals surface area contributed by atoms with Gasteiger partial charge in [0.25, 0.3) is 5.91 Å². The standard InChI is InChI=1S/C23H21F3N2O.C5H13N/c24-23(25,26)17-8-4-7-16(14-17)19-11-5-6-15-12-13-20(28-21(15)19)22(29)27-18-9-2-1-3-10-18;1-4-6(3)5-2/h4-8,11-14,18H,1-3,9-10H2,(H,27,29);4-5H2,1-3H3. The highest BCUT2D eigenvalue weighted by Crippen LogP contribution is 2.34. The van der Waals surface area contributed by atoms with Crippen molar-refractivity contribution in [2.75, 3.05) is 20.1 Å². The maximum atomic E-state index is 13.1. The molecule has 0 atom stereocenters. The lowest BCUT2D eigenvalue weighted by Crippen LogP contribution is -2.36. The Hall–Kier alpha value is -2.93. The van der Waals surface area contributed by atoms with Crippen LogP contribution in [-0.4, -0.2) is 42.0 Å². The maximum Gasteiger partial charge on any atom is 0.416 e. The fourth-order valence-corrected chi connectivity index (χ4v) is 4.10. The molecule has 0 spiro atoms. The Labute approximate surface area is 205 Å². The molecular formula is C28H34F3N3O. The molecule has 0 unspecified atom stereocenters. The summed E-state index contributed by atoms with van der Waals surface area (Å²) >= 11 is 0. The van der Waals surface area contributed by atoms with E-state index < -0.39 is 11.7 Å². The van der Waals surface area contributed by atoms with Gasteiger partial charge in [-0.15, -0.1) is 0 Å². The number of aromatic nitrogens is 1. The first-order valence-electron chi connectivity index (χ1n) is 12.3. The number of carbonyl (C=O) groups is 1. The third kappa shape index (κ3) is 7.28. The summed E-state index contributed by atoms with van der Waals surface area (Å²) in [5, 5.41) is 3.81. The van der Waals surface area contributed by atoms with Gasteiger partial charge >= 0.3 is 6.18 Å². The van der Waals surface area contributed by atoms with Gasteiger partial charge in [0.2, 0.25) is 0 Å². The van der Waals surface area contributed by atoms with Gasteiger partial charge < -0.3 is 10.2 Å². The van der Waals surface area contributed by atoms with Gasteiger partial charge in [0.05, 0.1) is 11.1 Å². The van der Waals surface area contributed by atoms with Gasteiger partial charge in [-0.1, -0.05) is 69.5 Å². The molecule has 1 fully saturated rings. The monoisotopic (exact) mass is 485 g/mol. The summed E-state index contributed by atoms with van der Waals surface area (Å²) in [7, 11) is 2.11. The number of alkyl halides is 3. The third-order valence-corrected chi connectivity index (χ3v) is 6.47. The second-order valence-electron chi connectivity index (χ2n) is 8.95. The van der Waals surface area contributed by atoms with Gasteiger partial charge in [-0.3, -0.25) is 4.79 Å². The van der Waals surface area contributed by atoms with Crippen LogP contribution in [-0.2, 0) is 6.18 Å². The van der Waals surface area contributed by atoms with Crippen molar-refractivity contribution >= 4 is 16.8 Å². The number of nitrogens with zero attached hydrogens (tertiary/aromatic N) is 2. The van der Waals surface area contributed by atoms with E-state index in [4.69, 9.17) is 0 Å². The van der Waals surface area contributed by atoms with Crippen molar-refractivity contribution in [1.82, 2.24) is 15.2 Å². The van der Waals surface area contributed by atoms with Crippen molar-refractivity contribution in [3.8, 4) is 11.1 Å². The normalized spacial score (nSPS) is 14.5. The van der Waals surface area contributed by atoms with Crippen LogP contribution in [0.1, 0.15) is 62.0 Å². The van der Waals surface area contributed by atoms with Crippen LogP contribution >= 0.6 is 0 Å². The van der Waals surface area contributed by atoms with E-state index in [9.17, 15) is 18.0 Å². The third-order valence-electron chi connectivity index (χ3n) is 6.47. The molecule has 1 amide bonds. The number of benzene rings is 2. The van der Waals surface area contributed by atoms with Crippen LogP contribution in [0.25, 0.3) is 22.0 Å². The zero-order chi connectivity index (χ0) is 25.4. The Bertz CT molecular complexity index is 1120. The molecule has 4 rings (SSSR count). The Kier molecular flexibility index (Phi) is 9.26. The molecule has 1 aromatic heterocycles. The molecule has 1 heterocycles. The zero-order valence-corrected chi connectivity index (χ0v) is 20.7. The molecule has 0 bridgehead atoms. The van der Waals surface area contributed by atoms with Crippen molar-refractivity contribution in [2.45, 2.75) is 58.2 Å². The van der Waals surface area contributed by atoms with Crippen molar-refractivity contribution in [1.29, 1.82) is 0 Å². The predicted octanol–water partition coefficient (Wildman–Crippen LogP) is 6.94. The molecule has 0 saturated heterocycles. The molecule has 3 aromatic rings. The summed E-state index contributed by atoms with van der Waals surface area (Å²) in [5.41, 5.74) is 1.08. The molecular weight excluding hydrogens is 451 g/mol. The Morgan fingerprint density at radius 2 is 1.69 bits per heavy atom. The number of hydrogen-bond acceptors (Lipinski definition) is 3. The lowest BCUT2D eigenvalue weighted by molar-refractivity contribution is -0.137. The van der Waals surface area contributed by atoms with Crippen molar-refractivity contribution in [3.63, 3.8) is 0 Å². The molecule has 35 heavy (non-hydrogen) atoms. The largest absolute Gasteiger partial charge is 0.416 e. The molecule has 1 aliphatic rings. The van der Waals surface area contributed by atoms with Crippen LogP contribution in [0.15, 0.2) is 54.6 Å². The highest BCUT2D eigenvalue weighted by Gasteiger charge is 2.30. The molecule has 0 radical (unpaired) electrons. The molecule has 1 aliphatic carbocycles. The van der Waals surface area contributed by atoms with Crippen LogP contribution in [0.2, 0.25) is 0 Å². The molecule has 2 aromatic carbocycles. The lowest BCUT2D eigenvalue weighted by Gasteiger charge is -2.22. The molecule has 7 heteroatoms. The average molecular weight is 486 g/mol. The minimum absolute atomic E-state index is 0.160. The van der Waals surface area contributed by atoms with Crippen molar-refractivity contribution < 1.29 is 18.0 Å². The highest BCUT2D eigenvalue weighted by molar-refractivity contribution is 5.99. The van der Waals surface area contributed by atoms with Gasteiger partial charge in [0.1, 0.15) is 5.69 Å². The number of carbonyl (C=O) groups excluding carboxylic acids is 1. The van der Waals surface area contributed by atoms with Crippen LogP contribution in [0, 0.1) is 0 Å². The zero-order valence-electron chi connectivity index (χ0n) is 20.7. The van der Waals surface area contributed by atoms with E-state index in [2.05, 4.69) is 36.1 Å². The quantitative estimate of drug-likeness (QED) is 0.426. The summed E-state index contributed by atoms with van der Waals surface area (Å²) in [6, 6.07) is 14.1. The van der Waals surface area contributed by atoms with E-state index >= 15 is 0 Å². The van der Waals surface area contributed by atoms with E-state index in [0.29, 0.717) is 16.6 Å². The molecule has 188 valence electrons. The Balaban J connectivity index is 0.000000509. The molecule has 1 saturated carbocycles. The number of halogens is 3.